The molecule has 6 fully saturated rings. The van der Waals surface area contributed by atoms with E-state index in [4.69, 9.17) is 0 Å². The lowest BCUT2D eigenvalue weighted by Crippen LogP contribution is -2.57. The number of urea groups is 1. The van der Waals surface area contributed by atoms with Crippen LogP contribution >= 0.6 is 0 Å². The summed E-state index contributed by atoms with van der Waals surface area (Å²) >= 11 is 0. The van der Waals surface area contributed by atoms with Gasteiger partial charge in [-0.05, 0) is 81.5 Å². The molecule has 1 heterocycles. The molecule has 0 aromatic heterocycles. The molecule has 6 heteroatoms. The van der Waals surface area contributed by atoms with E-state index in [1.54, 1.807) is 0 Å². The monoisotopic (exact) mass is 373 g/mol. The van der Waals surface area contributed by atoms with Gasteiger partial charge in [0.05, 0.1) is 0 Å². The van der Waals surface area contributed by atoms with E-state index in [1.165, 1.54) is 38.5 Å². The molecule has 6 aliphatic rings. The number of nitrogens with one attached hydrogen (secondary N) is 2. The lowest BCUT2D eigenvalue weighted by atomic mass is 9.48. The molecular formula is C21H31N3O3. The van der Waals surface area contributed by atoms with Crippen LogP contribution in [0.4, 0.5) is 4.79 Å². The van der Waals surface area contributed by atoms with E-state index in [9.17, 15) is 14.4 Å². The first kappa shape index (κ1) is 17.5. The largest absolute Gasteiger partial charge is 0.352 e. The molecule has 1 atom stereocenters. The maximum Gasteiger partial charge on any atom is 0.325 e. The molecule has 1 unspecified atom stereocenters. The highest BCUT2D eigenvalue weighted by molar-refractivity contribution is 6.09. The highest BCUT2D eigenvalue weighted by Gasteiger charge is 2.55. The predicted molar refractivity (Wildman–Crippen MR) is 99.7 cm³/mol. The van der Waals surface area contributed by atoms with Gasteiger partial charge < -0.3 is 10.6 Å². The average Bonchev–Trinajstić information content (AvgIpc) is 3.15. The van der Waals surface area contributed by atoms with Crippen LogP contribution in [0.2, 0.25) is 0 Å². The highest BCUT2D eigenvalue weighted by Crippen LogP contribution is 2.61. The minimum atomic E-state index is -0.733. The molecule has 6 nitrogen and oxygen atoms in total. The van der Waals surface area contributed by atoms with Gasteiger partial charge in [-0.3, -0.25) is 14.5 Å². The number of hydrogen-bond acceptors (Lipinski definition) is 3. The van der Waals surface area contributed by atoms with Gasteiger partial charge in [-0.25, -0.2) is 4.79 Å². The molecule has 0 aromatic carbocycles. The third-order valence-electron chi connectivity index (χ3n) is 8.39. The fourth-order valence-electron chi connectivity index (χ4n) is 7.43. The number of carbonyl (C=O) groups excluding carboxylic acids is 3. The average molecular weight is 373 g/mol. The van der Waals surface area contributed by atoms with Crippen LogP contribution in [0.15, 0.2) is 0 Å². The first-order valence-corrected chi connectivity index (χ1v) is 10.8. The molecule has 2 N–H and O–H groups in total. The second-order valence-corrected chi connectivity index (χ2v) is 10.2. The number of amides is 4. The zero-order valence-corrected chi connectivity index (χ0v) is 16.3. The topological polar surface area (TPSA) is 78.5 Å². The third-order valence-corrected chi connectivity index (χ3v) is 8.39. The van der Waals surface area contributed by atoms with Crippen molar-refractivity contribution in [3.05, 3.63) is 0 Å². The van der Waals surface area contributed by atoms with E-state index >= 15 is 0 Å². The molecule has 1 spiro atoms. The van der Waals surface area contributed by atoms with Crippen molar-refractivity contribution in [2.45, 2.75) is 82.7 Å². The van der Waals surface area contributed by atoms with Gasteiger partial charge >= 0.3 is 6.03 Å². The van der Waals surface area contributed by atoms with Crippen molar-refractivity contribution in [3.8, 4) is 0 Å². The fraction of sp³-hybridized carbons (Fsp3) is 0.857. The summed E-state index contributed by atoms with van der Waals surface area (Å²) in [5.74, 6) is 2.11. The molecule has 5 saturated carbocycles. The fourth-order valence-corrected chi connectivity index (χ4v) is 7.43. The zero-order valence-electron chi connectivity index (χ0n) is 16.3. The van der Waals surface area contributed by atoms with Gasteiger partial charge in [-0.15, -0.1) is 0 Å². The van der Waals surface area contributed by atoms with Crippen molar-refractivity contribution in [1.82, 2.24) is 15.5 Å². The summed E-state index contributed by atoms with van der Waals surface area (Å²) in [6.45, 7) is 1.98. The minimum absolute atomic E-state index is 0.111. The molecule has 6 rings (SSSR count). The summed E-state index contributed by atoms with van der Waals surface area (Å²) in [7, 11) is 0. The minimum Gasteiger partial charge on any atom is -0.352 e. The van der Waals surface area contributed by atoms with Crippen molar-refractivity contribution in [2.75, 3.05) is 6.54 Å². The molecule has 4 amide bonds. The van der Waals surface area contributed by atoms with Gasteiger partial charge in [0.1, 0.15) is 12.1 Å². The van der Waals surface area contributed by atoms with Crippen LogP contribution < -0.4 is 10.6 Å². The van der Waals surface area contributed by atoms with Crippen molar-refractivity contribution in [3.63, 3.8) is 0 Å². The SMILES string of the molecule is CC(NC(=O)CN1C(=O)NC2(CCCC2)C1=O)C12CC3CC(CC(C3)C1)C2. The number of hydrogen-bond donors (Lipinski definition) is 2. The van der Waals surface area contributed by atoms with Crippen molar-refractivity contribution in [2.24, 2.45) is 23.2 Å². The summed E-state index contributed by atoms with van der Waals surface area (Å²) in [6, 6.07) is -0.292. The Balaban J connectivity index is 1.23. The molecule has 5 aliphatic carbocycles. The molecule has 27 heavy (non-hydrogen) atoms. The van der Waals surface area contributed by atoms with Crippen LogP contribution in [0.25, 0.3) is 0 Å². The molecule has 1 aliphatic heterocycles. The Morgan fingerprint density at radius 3 is 2.22 bits per heavy atom. The second-order valence-electron chi connectivity index (χ2n) is 10.2. The van der Waals surface area contributed by atoms with Crippen LogP contribution in [0.5, 0.6) is 0 Å². The van der Waals surface area contributed by atoms with Crippen LogP contribution in [-0.2, 0) is 9.59 Å². The van der Waals surface area contributed by atoms with Gasteiger partial charge in [0.25, 0.3) is 5.91 Å². The lowest BCUT2D eigenvalue weighted by molar-refractivity contribution is -0.136. The maximum absolute atomic E-state index is 12.7. The van der Waals surface area contributed by atoms with Gasteiger partial charge in [-0.2, -0.15) is 0 Å². The molecule has 1 saturated heterocycles. The first-order chi connectivity index (χ1) is 12.9. The molecule has 148 valence electrons. The summed E-state index contributed by atoms with van der Waals surface area (Å²) in [5.41, 5.74) is -0.503. The highest BCUT2D eigenvalue weighted by atomic mass is 16.2. The van der Waals surface area contributed by atoms with Crippen LogP contribution in [0.1, 0.15) is 71.1 Å². The Hall–Kier alpha value is -1.59. The van der Waals surface area contributed by atoms with E-state index in [-0.39, 0.29) is 29.8 Å². The zero-order chi connectivity index (χ0) is 18.8. The van der Waals surface area contributed by atoms with E-state index < -0.39 is 11.6 Å². The van der Waals surface area contributed by atoms with E-state index in [0.29, 0.717) is 12.8 Å². The number of rotatable bonds is 4. The van der Waals surface area contributed by atoms with Gasteiger partial charge in [0.2, 0.25) is 5.91 Å². The smallest absolute Gasteiger partial charge is 0.325 e. The third kappa shape index (κ3) is 2.70. The van der Waals surface area contributed by atoms with Crippen molar-refractivity contribution < 1.29 is 14.4 Å². The van der Waals surface area contributed by atoms with E-state index in [1.807, 2.05) is 0 Å². The van der Waals surface area contributed by atoms with Gasteiger partial charge in [0, 0.05) is 6.04 Å². The van der Waals surface area contributed by atoms with Crippen LogP contribution in [-0.4, -0.2) is 40.9 Å². The molecule has 0 radical (unpaired) electrons. The normalized spacial score (nSPS) is 39.9. The number of carbonyl (C=O) groups is 3. The number of imide groups is 1. The van der Waals surface area contributed by atoms with Gasteiger partial charge in [-0.1, -0.05) is 12.8 Å². The van der Waals surface area contributed by atoms with E-state index in [0.717, 1.165) is 35.5 Å². The van der Waals surface area contributed by atoms with E-state index in [2.05, 4.69) is 17.6 Å². The Kier molecular flexibility index (Phi) is 3.86. The lowest BCUT2D eigenvalue weighted by Gasteiger charge is -2.59. The Morgan fingerprint density at radius 1 is 1.11 bits per heavy atom. The van der Waals surface area contributed by atoms with Gasteiger partial charge in [0.15, 0.2) is 0 Å². The van der Waals surface area contributed by atoms with Crippen molar-refractivity contribution >= 4 is 17.8 Å². The quantitative estimate of drug-likeness (QED) is 0.744. The standard InChI is InChI=1S/C21H31N3O3/c1-13(20-9-14-6-15(10-20)8-16(7-14)11-20)22-17(25)12-24-18(26)21(23-19(24)27)4-2-3-5-21/h13-16H,2-12H2,1H3,(H,22,25)(H,23,27). The van der Waals surface area contributed by atoms with Crippen LogP contribution in [0, 0.1) is 23.2 Å². The maximum atomic E-state index is 12.7. The van der Waals surface area contributed by atoms with Crippen molar-refractivity contribution in [1.29, 1.82) is 0 Å². The molecule has 0 aromatic rings. The number of nitrogens with zero attached hydrogens (tertiary/aromatic N) is 1. The summed E-state index contributed by atoms with van der Waals surface area (Å²) in [6.07, 6.45) is 11.1. The summed E-state index contributed by atoms with van der Waals surface area (Å²) in [5, 5.41) is 6.02. The molecular weight excluding hydrogens is 342 g/mol. The van der Waals surface area contributed by atoms with Crippen LogP contribution in [0.3, 0.4) is 0 Å². The second kappa shape index (κ2) is 5.95. The summed E-state index contributed by atoms with van der Waals surface area (Å²) < 4.78 is 0. The predicted octanol–water partition coefficient (Wildman–Crippen LogP) is 2.57. The first-order valence-electron chi connectivity index (χ1n) is 10.8. The Labute approximate surface area is 160 Å². The summed E-state index contributed by atoms with van der Waals surface area (Å²) in [4.78, 5) is 38.9. The molecule has 4 bridgehead atoms. The Morgan fingerprint density at radius 2 is 1.67 bits per heavy atom. The Bertz CT molecular complexity index is 647.